The van der Waals surface area contributed by atoms with Gasteiger partial charge >= 0.3 is 7.60 Å². The summed E-state index contributed by atoms with van der Waals surface area (Å²) in [5, 5.41) is 0. The van der Waals surface area contributed by atoms with E-state index in [1.807, 2.05) is 22.6 Å². The number of halogens is 1. The number of nitrogens with zero attached hydrogens (tertiary/aromatic N) is 1. The van der Waals surface area contributed by atoms with E-state index in [4.69, 9.17) is 14.5 Å². The molecule has 0 fully saturated rings. The molecule has 1 heterocycles. The molecule has 0 bridgehead atoms. The minimum absolute atomic E-state index is 0.430. The van der Waals surface area contributed by atoms with Crippen molar-refractivity contribution in [1.29, 1.82) is 0 Å². The molecule has 1 aromatic heterocycles. The van der Waals surface area contributed by atoms with E-state index >= 15 is 0 Å². The Morgan fingerprint density at radius 3 is 2.85 bits per heavy atom. The highest BCUT2D eigenvalue weighted by molar-refractivity contribution is 14.1. The number of pyridine rings is 1. The molecule has 0 aliphatic heterocycles. The van der Waals surface area contributed by atoms with Crippen LogP contribution in [0.15, 0.2) is 18.5 Å². The van der Waals surface area contributed by atoms with Crippen LogP contribution in [0.4, 0.5) is 0 Å². The van der Waals surface area contributed by atoms with Gasteiger partial charge in [0, 0.05) is 12.4 Å². The van der Waals surface area contributed by atoms with Gasteiger partial charge < -0.3 is 14.5 Å². The second kappa shape index (κ2) is 4.36. The maximum absolute atomic E-state index is 10.5. The van der Waals surface area contributed by atoms with Crippen LogP contribution in [0.2, 0.25) is 0 Å². The van der Waals surface area contributed by atoms with Crippen molar-refractivity contribution in [1.82, 2.24) is 4.98 Å². The average Bonchev–Trinajstić information content (AvgIpc) is 2.01. The molecule has 2 N–H and O–H groups in total. The highest BCUT2D eigenvalue weighted by Crippen LogP contribution is 2.35. The molecule has 5 nitrogen and oxygen atoms in total. The highest BCUT2D eigenvalue weighted by atomic mass is 127. The van der Waals surface area contributed by atoms with Crippen molar-refractivity contribution in [2.24, 2.45) is 0 Å². The standard InChI is InChI=1S/C6H7INO4P/c7-5-3-8-2-1-6(5)12-4-13(9,10)11/h1-3H,4H2,(H2,9,10,11). The number of aromatic nitrogens is 1. The third-order valence-electron chi connectivity index (χ3n) is 1.12. The van der Waals surface area contributed by atoms with Crippen LogP contribution < -0.4 is 4.74 Å². The third-order valence-corrected chi connectivity index (χ3v) is 2.40. The SMILES string of the molecule is O=P(O)(O)COc1ccncc1I. The topological polar surface area (TPSA) is 79.7 Å². The zero-order chi connectivity index (χ0) is 9.90. The van der Waals surface area contributed by atoms with E-state index in [9.17, 15) is 4.57 Å². The van der Waals surface area contributed by atoms with Gasteiger partial charge in [-0.15, -0.1) is 0 Å². The lowest BCUT2D eigenvalue weighted by atomic mass is 10.5. The van der Waals surface area contributed by atoms with Crippen LogP contribution in [0, 0.1) is 3.57 Å². The monoisotopic (exact) mass is 315 g/mol. The molecule has 0 unspecified atom stereocenters. The number of ether oxygens (including phenoxy) is 1. The van der Waals surface area contributed by atoms with Crippen LogP contribution in [0.3, 0.4) is 0 Å². The quantitative estimate of drug-likeness (QED) is 0.647. The highest BCUT2D eigenvalue weighted by Gasteiger charge is 2.14. The van der Waals surface area contributed by atoms with Crippen LogP contribution in [0.25, 0.3) is 0 Å². The smallest absolute Gasteiger partial charge is 0.362 e. The van der Waals surface area contributed by atoms with Gasteiger partial charge in [-0.25, -0.2) is 0 Å². The Bertz CT molecular complexity index is 339. The molecule has 0 aromatic carbocycles. The molecule has 0 saturated carbocycles. The summed E-state index contributed by atoms with van der Waals surface area (Å²) in [4.78, 5) is 20.9. The van der Waals surface area contributed by atoms with Crippen molar-refractivity contribution in [3.8, 4) is 5.75 Å². The zero-order valence-corrected chi connectivity index (χ0v) is 9.47. The van der Waals surface area contributed by atoms with Gasteiger partial charge in [0.1, 0.15) is 5.75 Å². The fourth-order valence-electron chi connectivity index (χ4n) is 0.633. The lowest BCUT2D eigenvalue weighted by Gasteiger charge is -2.07. The summed E-state index contributed by atoms with van der Waals surface area (Å²) < 4.78 is 16.1. The van der Waals surface area contributed by atoms with E-state index < -0.39 is 13.9 Å². The van der Waals surface area contributed by atoms with Gasteiger partial charge in [0.2, 0.25) is 0 Å². The van der Waals surface area contributed by atoms with Gasteiger partial charge in [-0.05, 0) is 28.7 Å². The van der Waals surface area contributed by atoms with Crippen molar-refractivity contribution in [2.75, 3.05) is 6.35 Å². The Balaban J connectivity index is 2.65. The van der Waals surface area contributed by atoms with Gasteiger partial charge in [0.15, 0.2) is 6.35 Å². The Kier molecular flexibility index (Phi) is 3.66. The third kappa shape index (κ3) is 4.04. The molecule has 1 rings (SSSR count). The van der Waals surface area contributed by atoms with E-state index in [0.717, 1.165) is 0 Å². The number of rotatable bonds is 3. The van der Waals surface area contributed by atoms with Crippen LogP contribution in [-0.2, 0) is 4.57 Å². The van der Waals surface area contributed by atoms with Crippen LogP contribution in [0.1, 0.15) is 0 Å². The molecular formula is C6H7INO4P. The molecule has 0 aliphatic carbocycles. The normalized spacial score (nSPS) is 11.3. The van der Waals surface area contributed by atoms with Crippen molar-refractivity contribution in [2.45, 2.75) is 0 Å². The minimum Gasteiger partial charge on any atom is -0.480 e. The second-order valence-electron chi connectivity index (χ2n) is 2.24. The summed E-state index contributed by atoms with van der Waals surface area (Å²) in [5.41, 5.74) is 0. The predicted octanol–water partition coefficient (Wildman–Crippen LogP) is 1.20. The van der Waals surface area contributed by atoms with Crippen molar-refractivity contribution in [3.05, 3.63) is 22.0 Å². The zero-order valence-electron chi connectivity index (χ0n) is 6.42. The first-order valence-corrected chi connectivity index (χ1v) is 6.13. The summed E-state index contributed by atoms with van der Waals surface area (Å²) >= 11 is 1.97. The molecule has 0 aliphatic rings. The number of hydrogen-bond donors (Lipinski definition) is 2. The molecule has 0 radical (unpaired) electrons. The first-order valence-electron chi connectivity index (χ1n) is 3.26. The van der Waals surface area contributed by atoms with Gasteiger partial charge in [-0.1, -0.05) is 0 Å². The fourth-order valence-corrected chi connectivity index (χ4v) is 1.44. The molecule has 0 saturated heterocycles. The van der Waals surface area contributed by atoms with E-state index in [2.05, 4.69) is 4.98 Å². The summed E-state index contributed by atoms with van der Waals surface area (Å²) in [6.45, 7) is 0. The molecule has 0 atom stereocenters. The van der Waals surface area contributed by atoms with E-state index in [1.54, 1.807) is 12.3 Å². The summed E-state index contributed by atoms with van der Waals surface area (Å²) in [7, 11) is -4.10. The van der Waals surface area contributed by atoms with Crippen LogP contribution in [-0.4, -0.2) is 21.1 Å². The Labute approximate surface area is 88.4 Å². The summed E-state index contributed by atoms with van der Waals surface area (Å²) in [6, 6.07) is 1.55. The van der Waals surface area contributed by atoms with Crippen LogP contribution >= 0.6 is 30.2 Å². The first kappa shape index (κ1) is 10.9. The van der Waals surface area contributed by atoms with Crippen molar-refractivity contribution >= 4 is 30.2 Å². The molecule has 1 aromatic rings. The maximum Gasteiger partial charge on any atom is 0.362 e. The van der Waals surface area contributed by atoms with Crippen LogP contribution in [0.5, 0.6) is 5.75 Å². The fraction of sp³-hybridized carbons (Fsp3) is 0.167. The lowest BCUT2D eigenvalue weighted by molar-refractivity contribution is 0.299. The largest absolute Gasteiger partial charge is 0.480 e. The van der Waals surface area contributed by atoms with Gasteiger partial charge in [-0.2, -0.15) is 0 Å². The van der Waals surface area contributed by atoms with Crippen molar-refractivity contribution < 1.29 is 19.1 Å². The molecule has 72 valence electrons. The molecular weight excluding hydrogens is 308 g/mol. The Morgan fingerprint density at radius 2 is 2.31 bits per heavy atom. The lowest BCUT2D eigenvalue weighted by Crippen LogP contribution is -1.99. The average molecular weight is 315 g/mol. The minimum atomic E-state index is -4.10. The molecule has 13 heavy (non-hydrogen) atoms. The summed E-state index contributed by atoms with van der Waals surface area (Å²) in [6.07, 6.45) is 2.44. The predicted molar refractivity (Wildman–Crippen MR) is 54.5 cm³/mol. The first-order chi connectivity index (χ1) is 5.99. The Hall–Kier alpha value is -0.170. The number of hydrogen-bond acceptors (Lipinski definition) is 3. The van der Waals surface area contributed by atoms with E-state index in [-0.39, 0.29) is 0 Å². The van der Waals surface area contributed by atoms with Gasteiger partial charge in [-0.3, -0.25) is 9.55 Å². The maximum atomic E-state index is 10.5. The van der Waals surface area contributed by atoms with Gasteiger partial charge in [0.25, 0.3) is 0 Å². The molecule has 0 spiro atoms. The van der Waals surface area contributed by atoms with E-state index in [1.165, 1.54) is 6.20 Å². The molecule has 7 heteroatoms. The van der Waals surface area contributed by atoms with E-state index in [0.29, 0.717) is 9.32 Å². The summed E-state index contributed by atoms with van der Waals surface area (Å²) in [5.74, 6) is 0.430. The molecule has 0 amide bonds. The second-order valence-corrected chi connectivity index (χ2v) is 4.99. The van der Waals surface area contributed by atoms with Crippen molar-refractivity contribution in [3.63, 3.8) is 0 Å². The van der Waals surface area contributed by atoms with Gasteiger partial charge in [0.05, 0.1) is 3.57 Å². The Morgan fingerprint density at radius 1 is 1.62 bits per heavy atom.